The zero-order chi connectivity index (χ0) is 19.9. The molecule has 1 heterocycles. The molecule has 1 unspecified atom stereocenters. The molecule has 5 heteroatoms. The van der Waals surface area contributed by atoms with Crippen molar-refractivity contribution in [1.82, 2.24) is 10.2 Å². The van der Waals surface area contributed by atoms with Crippen LogP contribution in [-0.4, -0.2) is 43.0 Å². The lowest BCUT2D eigenvalue weighted by atomic mass is 9.96. The predicted molar refractivity (Wildman–Crippen MR) is 109 cm³/mol. The van der Waals surface area contributed by atoms with E-state index in [4.69, 9.17) is 4.74 Å². The molecular weight excluding hydrogens is 352 g/mol. The van der Waals surface area contributed by atoms with Gasteiger partial charge in [-0.1, -0.05) is 29.8 Å². The summed E-state index contributed by atoms with van der Waals surface area (Å²) in [6, 6.07) is 15.4. The topological polar surface area (TPSA) is 58.6 Å². The van der Waals surface area contributed by atoms with Crippen LogP contribution in [-0.2, 0) is 4.79 Å². The normalized spacial score (nSPS) is 16.5. The molecule has 0 aromatic heterocycles. The van der Waals surface area contributed by atoms with Gasteiger partial charge in [0.15, 0.2) is 0 Å². The second-order valence-corrected chi connectivity index (χ2v) is 7.41. The largest absolute Gasteiger partial charge is 0.492 e. The van der Waals surface area contributed by atoms with Crippen molar-refractivity contribution in [3.63, 3.8) is 0 Å². The van der Waals surface area contributed by atoms with Crippen molar-refractivity contribution in [2.24, 2.45) is 5.92 Å². The van der Waals surface area contributed by atoms with Crippen LogP contribution in [0, 0.1) is 19.8 Å². The van der Waals surface area contributed by atoms with Crippen molar-refractivity contribution >= 4 is 11.8 Å². The fourth-order valence-electron chi connectivity index (χ4n) is 3.45. The first-order chi connectivity index (χ1) is 13.5. The van der Waals surface area contributed by atoms with Gasteiger partial charge in [0.05, 0.1) is 12.5 Å². The average molecular weight is 380 g/mol. The van der Waals surface area contributed by atoms with Crippen molar-refractivity contribution in [1.29, 1.82) is 0 Å². The molecule has 0 spiro atoms. The fourth-order valence-corrected chi connectivity index (χ4v) is 3.45. The number of nitrogens with one attached hydrogen (secondary N) is 1. The van der Waals surface area contributed by atoms with E-state index in [-0.39, 0.29) is 17.7 Å². The number of nitrogens with zero attached hydrogens (tertiary/aromatic N) is 1. The zero-order valence-corrected chi connectivity index (χ0v) is 16.6. The van der Waals surface area contributed by atoms with E-state index < -0.39 is 0 Å². The molecule has 5 nitrogen and oxygen atoms in total. The van der Waals surface area contributed by atoms with Crippen LogP contribution < -0.4 is 10.1 Å². The van der Waals surface area contributed by atoms with Crippen molar-refractivity contribution in [2.75, 3.05) is 26.2 Å². The van der Waals surface area contributed by atoms with Gasteiger partial charge in [0.1, 0.15) is 12.4 Å². The number of aryl methyl sites for hydroxylation is 2. The first kappa shape index (κ1) is 19.9. The highest BCUT2D eigenvalue weighted by molar-refractivity contribution is 5.94. The van der Waals surface area contributed by atoms with Crippen molar-refractivity contribution in [3.8, 4) is 5.75 Å². The van der Waals surface area contributed by atoms with Crippen LogP contribution in [0.25, 0.3) is 0 Å². The van der Waals surface area contributed by atoms with E-state index in [1.165, 1.54) is 0 Å². The Balaban J connectivity index is 1.46. The van der Waals surface area contributed by atoms with Gasteiger partial charge in [-0.25, -0.2) is 0 Å². The summed E-state index contributed by atoms with van der Waals surface area (Å²) in [5.74, 6) is 0.637. The Bertz CT molecular complexity index is 817. The highest BCUT2D eigenvalue weighted by atomic mass is 16.5. The summed E-state index contributed by atoms with van der Waals surface area (Å²) in [5, 5.41) is 2.94. The van der Waals surface area contributed by atoms with Gasteiger partial charge >= 0.3 is 0 Å². The Hall–Kier alpha value is -2.82. The van der Waals surface area contributed by atoms with E-state index in [0.717, 1.165) is 29.7 Å². The lowest BCUT2D eigenvalue weighted by Gasteiger charge is -2.32. The third kappa shape index (κ3) is 5.35. The van der Waals surface area contributed by atoms with Crippen LogP contribution in [0.2, 0.25) is 0 Å². The molecule has 2 aromatic rings. The first-order valence-electron chi connectivity index (χ1n) is 9.86. The number of amides is 2. The van der Waals surface area contributed by atoms with Crippen LogP contribution in [0.15, 0.2) is 48.5 Å². The number of likely N-dealkylation sites (tertiary alicyclic amines) is 1. The number of benzene rings is 2. The lowest BCUT2D eigenvalue weighted by Crippen LogP contribution is -2.46. The third-order valence-electron chi connectivity index (χ3n) is 5.04. The molecule has 1 saturated heterocycles. The number of ether oxygens (including phenoxy) is 1. The molecule has 3 rings (SSSR count). The molecule has 1 N–H and O–H groups in total. The number of hydrogen-bond donors (Lipinski definition) is 1. The smallest absolute Gasteiger partial charge is 0.253 e. The fraction of sp³-hybridized carbons (Fsp3) is 0.391. The average Bonchev–Trinajstić information content (AvgIpc) is 2.71. The molecule has 0 aliphatic carbocycles. The van der Waals surface area contributed by atoms with Crippen molar-refractivity contribution < 1.29 is 14.3 Å². The highest BCUT2D eigenvalue weighted by Gasteiger charge is 2.28. The Morgan fingerprint density at radius 3 is 2.64 bits per heavy atom. The molecule has 0 radical (unpaired) electrons. The van der Waals surface area contributed by atoms with E-state index in [1.54, 1.807) is 4.90 Å². The van der Waals surface area contributed by atoms with Gasteiger partial charge in [-0.2, -0.15) is 0 Å². The van der Waals surface area contributed by atoms with E-state index in [9.17, 15) is 9.59 Å². The number of rotatable bonds is 6. The second-order valence-electron chi connectivity index (χ2n) is 7.41. The quantitative estimate of drug-likeness (QED) is 0.782. The maximum Gasteiger partial charge on any atom is 0.253 e. The second kappa shape index (κ2) is 9.40. The minimum atomic E-state index is -0.165. The van der Waals surface area contributed by atoms with Gasteiger partial charge in [0.25, 0.3) is 5.91 Å². The van der Waals surface area contributed by atoms with Gasteiger partial charge in [-0.05, 0) is 56.5 Å². The standard InChI is InChI=1S/C23H28N2O3/c1-17-8-10-19(11-9-17)23(27)25-13-4-6-20(16-25)22(26)24-12-14-28-21-7-3-5-18(2)15-21/h3,5,7-11,15,20H,4,6,12-14,16H2,1-2H3,(H,24,26). The molecule has 28 heavy (non-hydrogen) atoms. The van der Waals surface area contributed by atoms with E-state index in [2.05, 4.69) is 5.32 Å². The van der Waals surface area contributed by atoms with Gasteiger partial charge in [0, 0.05) is 18.7 Å². The Morgan fingerprint density at radius 2 is 1.89 bits per heavy atom. The molecule has 148 valence electrons. The Labute approximate surface area is 166 Å². The van der Waals surface area contributed by atoms with Gasteiger partial charge < -0.3 is 15.0 Å². The summed E-state index contributed by atoms with van der Waals surface area (Å²) in [4.78, 5) is 27.0. The molecule has 1 fully saturated rings. The van der Waals surface area contributed by atoms with Gasteiger partial charge in [-0.15, -0.1) is 0 Å². The van der Waals surface area contributed by atoms with Gasteiger partial charge in [-0.3, -0.25) is 9.59 Å². The summed E-state index contributed by atoms with van der Waals surface area (Å²) in [5.41, 5.74) is 2.95. The molecule has 0 bridgehead atoms. The summed E-state index contributed by atoms with van der Waals surface area (Å²) in [7, 11) is 0. The SMILES string of the molecule is Cc1ccc(C(=O)N2CCCC(C(=O)NCCOc3cccc(C)c3)C2)cc1. The predicted octanol–water partition coefficient (Wildman–Crippen LogP) is 3.35. The number of carbonyl (C=O) groups is 2. The summed E-state index contributed by atoms with van der Waals surface area (Å²) in [6.45, 7) is 6.06. The molecular formula is C23H28N2O3. The number of piperidine rings is 1. The number of hydrogen-bond acceptors (Lipinski definition) is 3. The van der Waals surface area contributed by atoms with Crippen LogP contribution >= 0.6 is 0 Å². The van der Waals surface area contributed by atoms with Crippen molar-refractivity contribution in [3.05, 3.63) is 65.2 Å². The minimum absolute atomic E-state index is 0.000260. The molecule has 1 atom stereocenters. The molecule has 1 aliphatic rings. The lowest BCUT2D eigenvalue weighted by molar-refractivity contribution is -0.126. The van der Waals surface area contributed by atoms with Crippen LogP contribution in [0.4, 0.5) is 0 Å². The highest BCUT2D eigenvalue weighted by Crippen LogP contribution is 2.19. The van der Waals surface area contributed by atoms with E-state index >= 15 is 0 Å². The Morgan fingerprint density at radius 1 is 1.11 bits per heavy atom. The maximum atomic E-state index is 12.7. The molecule has 2 aromatic carbocycles. The van der Waals surface area contributed by atoms with E-state index in [0.29, 0.717) is 31.8 Å². The summed E-state index contributed by atoms with van der Waals surface area (Å²) in [6.07, 6.45) is 1.65. The van der Waals surface area contributed by atoms with Crippen molar-refractivity contribution in [2.45, 2.75) is 26.7 Å². The van der Waals surface area contributed by atoms with Gasteiger partial charge in [0.2, 0.25) is 5.91 Å². The third-order valence-corrected chi connectivity index (χ3v) is 5.04. The van der Waals surface area contributed by atoms with Crippen LogP contribution in [0.1, 0.15) is 34.3 Å². The summed E-state index contributed by atoms with van der Waals surface area (Å²) < 4.78 is 5.67. The monoisotopic (exact) mass is 380 g/mol. The summed E-state index contributed by atoms with van der Waals surface area (Å²) >= 11 is 0. The van der Waals surface area contributed by atoms with Crippen LogP contribution in [0.5, 0.6) is 5.75 Å². The van der Waals surface area contributed by atoms with E-state index in [1.807, 2.05) is 62.4 Å². The molecule has 0 saturated carbocycles. The minimum Gasteiger partial charge on any atom is -0.492 e. The molecule has 2 amide bonds. The number of carbonyl (C=O) groups excluding carboxylic acids is 2. The maximum absolute atomic E-state index is 12.7. The first-order valence-corrected chi connectivity index (χ1v) is 9.86. The zero-order valence-electron chi connectivity index (χ0n) is 16.6. The molecule has 1 aliphatic heterocycles. The Kier molecular flexibility index (Phi) is 6.69. The van der Waals surface area contributed by atoms with Crippen LogP contribution in [0.3, 0.4) is 0 Å².